The monoisotopic (exact) mass is 323 g/mol. The summed E-state index contributed by atoms with van der Waals surface area (Å²) in [6, 6.07) is 9.73. The summed E-state index contributed by atoms with van der Waals surface area (Å²) >= 11 is 8.21. The molecule has 0 bridgehead atoms. The molecule has 0 saturated heterocycles. The van der Waals surface area contributed by atoms with Gasteiger partial charge in [-0.1, -0.05) is 40.3 Å². The van der Waals surface area contributed by atoms with E-state index in [9.17, 15) is 0 Å². The first-order chi connectivity index (χ1) is 8.65. The van der Waals surface area contributed by atoms with Gasteiger partial charge in [0.25, 0.3) is 0 Å². The van der Waals surface area contributed by atoms with Crippen molar-refractivity contribution in [3.05, 3.63) is 52.3 Å². The number of nitrogens with zero attached hydrogens (tertiary/aromatic N) is 2. The molecule has 0 saturated carbocycles. The second kappa shape index (κ2) is 5.88. The van der Waals surface area contributed by atoms with Crippen molar-refractivity contribution >= 4 is 33.1 Å². The van der Waals surface area contributed by atoms with Crippen molar-refractivity contribution in [2.45, 2.75) is 6.61 Å². The van der Waals surface area contributed by atoms with Crippen LogP contribution >= 0.6 is 28.1 Å². The molecular formula is C12H10BrN3OS. The van der Waals surface area contributed by atoms with Gasteiger partial charge < -0.3 is 10.5 Å². The molecule has 18 heavy (non-hydrogen) atoms. The highest BCUT2D eigenvalue weighted by Gasteiger charge is 2.03. The summed E-state index contributed by atoms with van der Waals surface area (Å²) in [5, 5.41) is 0. The normalized spacial score (nSPS) is 10.1. The van der Waals surface area contributed by atoms with E-state index in [1.54, 1.807) is 12.3 Å². The third-order valence-corrected chi connectivity index (χ3v) is 2.90. The van der Waals surface area contributed by atoms with Crippen molar-refractivity contribution in [3.63, 3.8) is 0 Å². The Morgan fingerprint density at radius 2 is 2.00 bits per heavy atom. The zero-order chi connectivity index (χ0) is 13.0. The Kier molecular flexibility index (Phi) is 4.22. The number of aromatic nitrogens is 2. The standard InChI is InChI=1S/C12H10BrN3OS/c13-9-3-1-8(2-4-9)7-17-12-15-6-5-10(16-12)11(14)18/h1-6H,7H2,(H2,14,18). The Morgan fingerprint density at radius 3 is 2.67 bits per heavy atom. The van der Waals surface area contributed by atoms with Crippen LogP contribution in [0.4, 0.5) is 0 Å². The molecule has 2 N–H and O–H groups in total. The van der Waals surface area contributed by atoms with Crippen molar-refractivity contribution in [1.82, 2.24) is 9.97 Å². The van der Waals surface area contributed by atoms with Crippen LogP contribution in [0.3, 0.4) is 0 Å². The predicted molar refractivity (Wildman–Crippen MR) is 76.4 cm³/mol. The van der Waals surface area contributed by atoms with E-state index in [1.165, 1.54) is 0 Å². The van der Waals surface area contributed by atoms with Gasteiger partial charge in [0.1, 0.15) is 17.3 Å². The quantitative estimate of drug-likeness (QED) is 0.876. The lowest BCUT2D eigenvalue weighted by atomic mass is 10.2. The molecule has 2 aromatic rings. The molecule has 1 heterocycles. The third-order valence-electron chi connectivity index (χ3n) is 2.17. The third kappa shape index (κ3) is 3.48. The lowest BCUT2D eigenvalue weighted by Crippen LogP contribution is -2.12. The van der Waals surface area contributed by atoms with Crippen LogP contribution in [0, 0.1) is 0 Å². The Hall–Kier alpha value is -1.53. The Labute approximate surface area is 118 Å². The molecule has 92 valence electrons. The van der Waals surface area contributed by atoms with E-state index in [0.717, 1.165) is 10.0 Å². The first kappa shape index (κ1) is 12.9. The summed E-state index contributed by atoms with van der Waals surface area (Å²) in [4.78, 5) is 8.32. The van der Waals surface area contributed by atoms with Crippen molar-refractivity contribution in [2.24, 2.45) is 5.73 Å². The minimum atomic E-state index is 0.228. The van der Waals surface area contributed by atoms with Gasteiger partial charge in [0.15, 0.2) is 0 Å². The average Bonchev–Trinajstić information content (AvgIpc) is 2.38. The minimum Gasteiger partial charge on any atom is -0.459 e. The van der Waals surface area contributed by atoms with Crippen LogP contribution in [-0.4, -0.2) is 15.0 Å². The van der Waals surface area contributed by atoms with Crippen molar-refractivity contribution < 1.29 is 4.74 Å². The molecule has 2 rings (SSSR count). The van der Waals surface area contributed by atoms with Crippen molar-refractivity contribution in [1.29, 1.82) is 0 Å². The highest BCUT2D eigenvalue weighted by molar-refractivity contribution is 9.10. The van der Waals surface area contributed by atoms with Crippen LogP contribution in [0.2, 0.25) is 0 Å². The molecule has 0 atom stereocenters. The molecule has 0 aliphatic carbocycles. The van der Waals surface area contributed by atoms with Crippen LogP contribution in [0.15, 0.2) is 41.0 Å². The van der Waals surface area contributed by atoms with E-state index >= 15 is 0 Å². The molecule has 1 aromatic carbocycles. The topological polar surface area (TPSA) is 61.0 Å². The number of nitrogens with two attached hydrogens (primary N) is 1. The molecule has 0 aliphatic rings. The minimum absolute atomic E-state index is 0.228. The van der Waals surface area contributed by atoms with Crippen molar-refractivity contribution in [2.75, 3.05) is 0 Å². The fraction of sp³-hybridized carbons (Fsp3) is 0.0833. The summed E-state index contributed by atoms with van der Waals surface area (Å²) < 4.78 is 6.50. The van der Waals surface area contributed by atoms with Gasteiger partial charge in [0.2, 0.25) is 0 Å². The van der Waals surface area contributed by atoms with Crippen LogP contribution in [0.5, 0.6) is 6.01 Å². The molecule has 6 heteroatoms. The fourth-order valence-corrected chi connectivity index (χ4v) is 1.65. The number of benzene rings is 1. The van der Waals surface area contributed by atoms with E-state index in [-0.39, 0.29) is 11.0 Å². The lowest BCUT2D eigenvalue weighted by Gasteiger charge is -2.05. The zero-order valence-electron chi connectivity index (χ0n) is 9.34. The second-order valence-corrected chi connectivity index (χ2v) is 4.86. The smallest absolute Gasteiger partial charge is 0.317 e. The number of hydrogen-bond acceptors (Lipinski definition) is 4. The van der Waals surface area contributed by atoms with E-state index in [4.69, 9.17) is 22.7 Å². The summed E-state index contributed by atoms with van der Waals surface area (Å²) in [5.74, 6) is 0. The second-order valence-electron chi connectivity index (χ2n) is 3.50. The summed E-state index contributed by atoms with van der Waals surface area (Å²) in [6.07, 6.45) is 1.57. The molecule has 0 fully saturated rings. The Balaban J connectivity index is 2.04. The zero-order valence-corrected chi connectivity index (χ0v) is 11.7. The largest absolute Gasteiger partial charge is 0.459 e. The summed E-state index contributed by atoms with van der Waals surface area (Å²) in [7, 11) is 0. The maximum Gasteiger partial charge on any atom is 0.317 e. The Bertz CT molecular complexity index is 560. The summed E-state index contributed by atoms with van der Waals surface area (Å²) in [5.41, 5.74) is 7.02. The highest BCUT2D eigenvalue weighted by Crippen LogP contribution is 2.12. The molecule has 0 amide bonds. The molecular weight excluding hydrogens is 314 g/mol. The van der Waals surface area contributed by atoms with Crippen LogP contribution in [-0.2, 0) is 6.61 Å². The predicted octanol–water partition coefficient (Wildman–Crippen LogP) is 2.45. The molecule has 0 aliphatic heterocycles. The van der Waals surface area contributed by atoms with E-state index in [2.05, 4.69) is 25.9 Å². The van der Waals surface area contributed by atoms with Gasteiger partial charge in [-0.25, -0.2) is 4.98 Å². The Morgan fingerprint density at radius 1 is 1.28 bits per heavy atom. The van der Waals surface area contributed by atoms with Gasteiger partial charge >= 0.3 is 6.01 Å². The maximum absolute atomic E-state index is 5.49. The molecule has 4 nitrogen and oxygen atoms in total. The van der Waals surface area contributed by atoms with Crippen LogP contribution in [0.25, 0.3) is 0 Å². The van der Waals surface area contributed by atoms with Gasteiger partial charge in [0.05, 0.1) is 0 Å². The maximum atomic E-state index is 5.49. The number of hydrogen-bond donors (Lipinski definition) is 1. The molecule has 0 unspecified atom stereocenters. The van der Waals surface area contributed by atoms with E-state index in [0.29, 0.717) is 12.3 Å². The SMILES string of the molecule is NC(=S)c1ccnc(OCc2ccc(Br)cc2)n1. The van der Waals surface area contributed by atoms with Gasteiger partial charge in [0, 0.05) is 10.7 Å². The number of rotatable bonds is 4. The van der Waals surface area contributed by atoms with E-state index in [1.807, 2.05) is 24.3 Å². The molecule has 0 radical (unpaired) electrons. The highest BCUT2D eigenvalue weighted by atomic mass is 79.9. The number of thiocarbonyl (C=S) groups is 1. The number of ether oxygens (including phenoxy) is 1. The fourth-order valence-electron chi connectivity index (χ4n) is 1.28. The van der Waals surface area contributed by atoms with Gasteiger partial charge in [-0.3, -0.25) is 0 Å². The lowest BCUT2D eigenvalue weighted by molar-refractivity contribution is 0.280. The first-order valence-electron chi connectivity index (χ1n) is 5.15. The first-order valence-corrected chi connectivity index (χ1v) is 6.35. The molecule has 0 spiro atoms. The van der Waals surface area contributed by atoms with Crippen molar-refractivity contribution in [3.8, 4) is 6.01 Å². The van der Waals surface area contributed by atoms with Gasteiger partial charge in [-0.05, 0) is 23.8 Å². The van der Waals surface area contributed by atoms with E-state index < -0.39 is 0 Å². The van der Waals surface area contributed by atoms with Gasteiger partial charge in [-0.2, -0.15) is 4.98 Å². The number of halogens is 1. The summed E-state index contributed by atoms with van der Waals surface area (Å²) in [6.45, 7) is 0.397. The van der Waals surface area contributed by atoms with Crippen LogP contribution in [0.1, 0.15) is 11.3 Å². The molecule has 1 aromatic heterocycles. The average molecular weight is 324 g/mol. The van der Waals surface area contributed by atoms with Crippen LogP contribution < -0.4 is 10.5 Å². The van der Waals surface area contributed by atoms with Gasteiger partial charge in [-0.15, -0.1) is 0 Å².